The molecular weight excluding hydrogens is 220 g/mol. The van der Waals surface area contributed by atoms with Crippen LogP contribution in [0.5, 0.6) is 0 Å². The van der Waals surface area contributed by atoms with Crippen molar-refractivity contribution in [1.82, 2.24) is 4.90 Å². The number of hydrogen-bond acceptors (Lipinski definition) is 3. The molecule has 0 amide bonds. The SMILES string of the molecule is CN(C)C(N)=NCCC[C@H](N)C(=O)O.Cl. The van der Waals surface area contributed by atoms with Crippen molar-refractivity contribution < 1.29 is 9.90 Å². The van der Waals surface area contributed by atoms with Crippen LogP contribution in [-0.4, -0.2) is 48.6 Å². The summed E-state index contributed by atoms with van der Waals surface area (Å²) in [6.07, 6.45) is 1.04. The molecule has 0 unspecified atom stereocenters. The van der Waals surface area contributed by atoms with Crippen LogP contribution in [-0.2, 0) is 4.79 Å². The van der Waals surface area contributed by atoms with Gasteiger partial charge in [0, 0.05) is 20.6 Å². The van der Waals surface area contributed by atoms with E-state index < -0.39 is 12.0 Å². The van der Waals surface area contributed by atoms with Crippen molar-refractivity contribution in [1.29, 1.82) is 0 Å². The molecule has 0 aliphatic rings. The highest BCUT2D eigenvalue weighted by Crippen LogP contribution is 1.95. The van der Waals surface area contributed by atoms with Crippen LogP contribution >= 0.6 is 12.4 Å². The molecule has 0 saturated heterocycles. The highest BCUT2D eigenvalue weighted by atomic mass is 35.5. The summed E-state index contributed by atoms with van der Waals surface area (Å²) in [4.78, 5) is 16.1. The molecule has 5 N–H and O–H groups in total. The van der Waals surface area contributed by atoms with E-state index in [-0.39, 0.29) is 12.4 Å². The molecule has 0 aliphatic carbocycles. The minimum Gasteiger partial charge on any atom is -0.480 e. The van der Waals surface area contributed by atoms with Gasteiger partial charge in [-0.2, -0.15) is 0 Å². The van der Waals surface area contributed by atoms with Gasteiger partial charge in [-0.25, -0.2) is 0 Å². The first-order chi connectivity index (χ1) is 6.45. The lowest BCUT2D eigenvalue weighted by Crippen LogP contribution is -2.31. The molecule has 0 fully saturated rings. The highest BCUT2D eigenvalue weighted by Gasteiger charge is 2.09. The summed E-state index contributed by atoms with van der Waals surface area (Å²) in [6.45, 7) is 0.505. The lowest BCUT2D eigenvalue weighted by atomic mass is 10.2. The topological polar surface area (TPSA) is 105 Å². The number of hydrogen-bond donors (Lipinski definition) is 3. The van der Waals surface area contributed by atoms with E-state index in [2.05, 4.69) is 4.99 Å². The van der Waals surface area contributed by atoms with Crippen molar-refractivity contribution in [3.05, 3.63) is 0 Å². The Hall–Kier alpha value is -1.01. The van der Waals surface area contributed by atoms with Gasteiger partial charge in [-0.3, -0.25) is 9.79 Å². The molecule has 0 rings (SSSR count). The highest BCUT2D eigenvalue weighted by molar-refractivity contribution is 5.85. The first-order valence-corrected chi connectivity index (χ1v) is 4.40. The van der Waals surface area contributed by atoms with E-state index in [0.29, 0.717) is 25.3 Å². The minimum absolute atomic E-state index is 0. The van der Waals surface area contributed by atoms with Crippen LogP contribution in [0.15, 0.2) is 4.99 Å². The minimum atomic E-state index is -0.977. The summed E-state index contributed by atoms with van der Waals surface area (Å²) in [5.74, 6) is -0.538. The molecule has 0 spiro atoms. The predicted octanol–water partition coefficient (Wildman–Crippen LogP) is -0.523. The second-order valence-electron chi connectivity index (χ2n) is 3.22. The molecule has 1 atom stereocenters. The maximum Gasteiger partial charge on any atom is 0.320 e. The molecule has 90 valence electrons. The van der Waals surface area contributed by atoms with Crippen molar-refractivity contribution in [2.45, 2.75) is 18.9 Å². The lowest BCUT2D eigenvalue weighted by Gasteiger charge is -2.10. The number of rotatable bonds is 5. The fourth-order valence-corrected chi connectivity index (χ4v) is 0.770. The molecule has 0 aromatic heterocycles. The van der Waals surface area contributed by atoms with Crippen LogP contribution in [0.4, 0.5) is 0 Å². The summed E-state index contributed by atoms with van der Waals surface area (Å²) < 4.78 is 0. The molecule has 0 saturated carbocycles. The first-order valence-electron chi connectivity index (χ1n) is 4.40. The zero-order valence-electron chi connectivity index (χ0n) is 9.01. The fraction of sp³-hybridized carbons (Fsp3) is 0.750. The summed E-state index contributed by atoms with van der Waals surface area (Å²) in [5, 5.41) is 8.48. The van der Waals surface area contributed by atoms with Crippen LogP contribution in [0.3, 0.4) is 0 Å². The third kappa shape index (κ3) is 8.02. The average Bonchev–Trinajstić information content (AvgIpc) is 2.11. The van der Waals surface area contributed by atoms with Gasteiger partial charge in [0.1, 0.15) is 6.04 Å². The van der Waals surface area contributed by atoms with Gasteiger partial charge >= 0.3 is 5.97 Å². The summed E-state index contributed by atoms with van der Waals surface area (Å²) >= 11 is 0. The number of guanidine groups is 1. The van der Waals surface area contributed by atoms with Crippen molar-refractivity contribution in [2.75, 3.05) is 20.6 Å². The Morgan fingerprint density at radius 1 is 1.53 bits per heavy atom. The lowest BCUT2D eigenvalue weighted by molar-refractivity contribution is -0.138. The number of aliphatic imine (C=N–C) groups is 1. The van der Waals surface area contributed by atoms with Gasteiger partial charge < -0.3 is 21.5 Å². The molecule has 7 heteroatoms. The van der Waals surface area contributed by atoms with Crippen LogP contribution < -0.4 is 11.5 Å². The molecule has 0 aromatic rings. The van der Waals surface area contributed by atoms with Crippen molar-refractivity contribution >= 4 is 24.3 Å². The summed E-state index contributed by atoms with van der Waals surface area (Å²) in [6, 6.07) is -0.800. The van der Waals surface area contributed by atoms with E-state index in [4.69, 9.17) is 16.6 Å². The smallest absolute Gasteiger partial charge is 0.320 e. The van der Waals surface area contributed by atoms with Gasteiger partial charge in [0.2, 0.25) is 0 Å². The zero-order chi connectivity index (χ0) is 11.1. The van der Waals surface area contributed by atoms with Gasteiger partial charge in [-0.05, 0) is 12.8 Å². The van der Waals surface area contributed by atoms with Crippen LogP contribution in [0.2, 0.25) is 0 Å². The Morgan fingerprint density at radius 2 is 2.07 bits per heavy atom. The van der Waals surface area contributed by atoms with E-state index in [0.717, 1.165) is 0 Å². The van der Waals surface area contributed by atoms with E-state index in [9.17, 15) is 4.79 Å². The van der Waals surface area contributed by atoms with Crippen LogP contribution in [0.25, 0.3) is 0 Å². The number of carboxylic acid groups (broad SMARTS) is 1. The second kappa shape index (κ2) is 8.31. The zero-order valence-corrected chi connectivity index (χ0v) is 9.83. The number of aliphatic carboxylic acids is 1. The Labute approximate surface area is 95.7 Å². The van der Waals surface area contributed by atoms with Crippen LogP contribution in [0.1, 0.15) is 12.8 Å². The summed E-state index contributed by atoms with van der Waals surface area (Å²) in [5.41, 5.74) is 10.8. The normalized spacial score (nSPS) is 12.9. The first kappa shape index (κ1) is 16.4. The van der Waals surface area contributed by atoms with Gasteiger partial charge in [0.25, 0.3) is 0 Å². The predicted molar refractivity (Wildman–Crippen MR) is 62.3 cm³/mol. The molecular formula is C8H19ClN4O2. The Morgan fingerprint density at radius 3 is 2.47 bits per heavy atom. The van der Waals surface area contributed by atoms with Crippen LogP contribution in [0, 0.1) is 0 Å². The Balaban J connectivity index is 0. The molecule has 0 radical (unpaired) electrons. The molecule has 0 aliphatic heterocycles. The quantitative estimate of drug-likeness (QED) is 0.340. The fourth-order valence-electron chi connectivity index (χ4n) is 0.770. The maximum atomic E-state index is 10.3. The number of nitrogens with two attached hydrogens (primary N) is 2. The Bertz CT molecular complexity index is 221. The van der Waals surface area contributed by atoms with E-state index in [1.54, 1.807) is 19.0 Å². The molecule has 0 bridgehead atoms. The van der Waals surface area contributed by atoms with E-state index >= 15 is 0 Å². The second-order valence-corrected chi connectivity index (χ2v) is 3.22. The van der Waals surface area contributed by atoms with Crippen molar-refractivity contribution in [2.24, 2.45) is 16.5 Å². The van der Waals surface area contributed by atoms with E-state index in [1.165, 1.54) is 0 Å². The third-order valence-electron chi connectivity index (χ3n) is 1.72. The van der Waals surface area contributed by atoms with Gasteiger partial charge in [0.15, 0.2) is 5.96 Å². The van der Waals surface area contributed by atoms with Crippen molar-refractivity contribution in [3.8, 4) is 0 Å². The standard InChI is InChI=1S/C8H18N4O2.ClH/c1-12(2)8(10)11-5-3-4-6(9)7(13)14;/h6H,3-5,9H2,1-2H3,(H2,10,11)(H,13,14);1H/t6-;/m0./s1. The molecule has 0 heterocycles. The van der Waals surface area contributed by atoms with Gasteiger partial charge in [-0.1, -0.05) is 0 Å². The molecule has 15 heavy (non-hydrogen) atoms. The average molecular weight is 239 g/mol. The number of carbonyl (C=O) groups is 1. The molecule has 6 nitrogen and oxygen atoms in total. The monoisotopic (exact) mass is 238 g/mol. The van der Waals surface area contributed by atoms with Gasteiger partial charge in [-0.15, -0.1) is 12.4 Å². The number of halogens is 1. The largest absolute Gasteiger partial charge is 0.480 e. The van der Waals surface area contributed by atoms with Gasteiger partial charge in [0.05, 0.1) is 0 Å². The Kier molecular flexibility index (Phi) is 9.10. The summed E-state index contributed by atoms with van der Waals surface area (Å²) in [7, 11) is 3.59. The number of nitrogens with zero attached hydrogens (tertiary/aromatic N) is 2. The number of carboxylic acids is 1. The van der Waals surface area contributed by atoms with Crippen molar-refractivity contribution in [3.63, 3.8) is 0 Å². The molecule has 0 aromatic carbocycles. The van der Waals surface area contributed by atoms with E-state index in [1.807, 2.05) is 0 Å². The third-order valence-corrected chi connectivity index (χ3v) is 1.72. The maximum absolute atomic E-state index is 10.3.